The molecule has 2 heterocycles. The van der Waals surface area contributed by atoms with Crippen molar-refractivity contribution < 1.29 is 8.42 Å². The van der Waals surface area contributed by atoms with E-state index >= 15 is 0 Å². The molecule has 0 bridgehead atoms. The molecule has 0 saturated carbocycles. The van der Waals surface area contributed by atoms with E-state index in [0.717, 1.165) is 37.2 Å². The quantitative estimate of drug-likeness (QED) is 0.877. The topological polar surface area (TPSA) is 58.2 Å². The zero-order chi connectivity index (χ0) is 12.3. The van der Waals surface area contributed by atoms with Crippen LogP contribution in [0.2, 0.25) is 0 Å². The monoisotopic (exact) mass is 274 g/mol. The van der Waals surface area contributed by atoms with Crippen LogP contribution >= 0.6 is 11.3 Å². The molecular formula is C11H18N2O2S2. The molecule has 1 aromatic rings. The summed E-state index contributed by atoms with van der Waals surface area (Å²) in [6.45, 7) is 3.62. The van der Waals surface area contributed by atoms with Crippen LogP contribution in [-0.4, -0.2) is 27.5 Å². The molecule has 1 fully saturated rings. The van der Waals surface area contributed by atoms with E-state index in [1.165, 1.54) is 11.3 Å². The van der Waals surface area contributed by atoms with Gasteiger partial charge in [-0.25, -0.2) is 13.1 Å². The zero-order valence-corrected chi connectivity index (χ0v) is 11.5. The van der Waals surface area contributed by atoms with Crippen LogP contribution in [0.5, 0.6) is 0 Å². The molecule has 1 aromatic heterocycles. The van der Waals surface area contributed by atoms with Crippen LogP contribution < -0.4 is 10.0 Å². The Morgan fingerprint density at radius 3 is 2.94 bits per heavy atom. The Morgan fingerprint density at radius 1 is 1.41 bits per heavy atom. The Kier molecular flexibility index (Phi) is 4.19. The van der Waals surface area contributed by atoms with Crippen molar-refractivity contribution in [2.24, 2.45) is 0 Å². The summed E-state index contributed by atoms with van der Waals surface area (Å²) in [6.07, 6.45) is 3.11. The number of hydrogen-bond acceptors (Lipinski definition) is 4. The maximum Gasteiger partial charge on any atom is 0.250 e. The highest BCUT2D eigenvalue weighted by atomic mass is 32.2. The molecule has 17 heavy (non-hydrogen) atoms. The number of hydrogen-bond donors (Lipinski definition) is 2. The molecule has 0 spiro atoms. The molecule has 96 valence electrons. The van der Waals surface area contributed by atoms with Gasteiger partial charge in [0.05, 0.1) is 0 Å². The number of rotatable bonds is 3. The second kappa shape index (κ2) is 5.48. The fourth-order valence-electron chi connectivity index (χ4n) is 1.95. The first kappa shape index (κ1) is 13.0. The van der Waals surface area contributed by atoms with Gasteiger partial charge in [-0.1, -0.05) is 6.42 Å². The van der Waals surface area contributed by atoms with Crippen molar-refractivity contribution in [3.63, 3.8) is 0 Å². The van der Waals surface area contributed by atoms with Gasteiger partial charge in [0.2, 0.25) is 10.0 Å². The molecule has 0 aliphatic carbocycles. The number of sulfonamides is 1. The Balaban J connectivity index is 2.06. The van der Waals surface area contributed by atoms with Crippen molar-refractivity contribution in [1.82, 2.24) is 10.0 Å². The summed E-state index contributed by atoms with van der Waals surface area (Å²) in [7, 11) is -3.33. The third-order valence-corrected chi connectivity index (χ3v) is 5.86. The van der Waals surface area contributed by atoms with Crippen LogP contribution in [-0.2, 0) is 10.0 Å². The van der Waals surface area contributed by atoms with Gasteiger partial charge in [0.15, 0.2) is 0 Å². The van der Waals surface area contributed by atoms with Crippen molar-refractivity contribution in [3.8, 4) is 0 Å². The van der Waals surface area contributed by atoms with Crippen molar-refractivity contribution >= 4 is 21.4 Å². The molecule has 0 aromatic carbocycles. The smallest absolute Gasteiger partial charge is 0.250 e. The first-order chi connectivity index (χ1) is 8.08. The lowest BCUT2D eigenvalue weighted by molar-refractivity contribution is 0.522. The maximum atomic E-state index is 12.1. The molecule has 2 rings (SSSR count). The van der Waals surface area contributed by atoms with Crippen LogP contribution in [0, 0.1) is 6.92 Å². The van der Waals surface area contributed by atoms with E-state index in [2.05, 4.69) is 10.0 Å². The Bertz CT molecular complexity index is 460. The highest BCUT2D eigenvalue weighted by molar-refractivity contribution is 7.91. The van der Waals surface area contributed by atoms with Gasteiger partial charge in [0.1, 0.15) is 4.21 Å². The predicted molar refractivity (Wildman–Crippen MR) is 69.9 cm³/mol. The summed E-state index contributed by atoms with van der Waals surface area (Å²) in [5, 5.41) is 3.25. The van der Waals surface area contributed by atoms with E-state index in [-0.39, 0.29) is 6.04 Å². The lowest BCUT2D eigenvalue weighted by Crippen LogP contribution is -2.40. The van der Waals surface area contributed by atoms with Crippen LogP contribution in [0.1, 0.15) is 24.1 Å². The van der Waals surface area contributed by atoms with Crippen molar-refractivity contribution in [3.05, 3.63) is 17.0 Å². The first-order valence-corrected chi connectivity index (χ1v) is 8.17. The Morgan fingerprint density at radius 2 is 2.24 bits per heavy atom. The van der Waals surface area contributed by atoms with E-state index in [9.17, 15) is 8.42 Å². The molecule has 4 nitrogen and oxygen atoms in total. The predicted octanol–water partition coefficient (Wildman–Crippen LogP) is 1.48. The SMILES string of the molecule is Cc1ccc(S(=O)(=O)NC2CCCCNC2)s1. The van der Waals surface area contributed by atoms with Gasteiger partial charge in [0, 0.05) is 17.5 Å². The van der Waals surface area contributed by atoms with Crippen LogP contribution in [0.3, 0.4) is 0 Å². The minimum Gasteiger partial charge on any atom is -0.315 e. The fraction of sp³-hybridized carbons (Fsp3) is 0.636. The van der Waals surface area contributed by atoms with Crippen LogP contribution in [0.25, 0.3) is 0 Å². The van der Waals surface area contributed by atoms with Gasteiger partial charge >= 0.3 is 0 Å². The summed E-state index contributed by atoms with van der Waals surface area (Å²) < 4.78 is 27.4. The zero-order valence-electron chi connectivity index (χ0n) is 9.90. The van der Waals surface area contributed by atoms with Gasteiger partial charge < -0.3 is 5.32 Å². The number of aryl methyl sites for hydroxylation is 1. The van der Waals surface area contributed by atoms with Crippen LogP contribution in [0.4, 0.5) is 0 Å². The average molecular weight is 274 g/mol. The maximum absolute atomic E-state index is 12.1. The fourth-order valence-corrected chi connectivity index (χ4v) is 4.52. The molecule has 2 N–H and O–H groups in total. The average Bonchev–Trinajstić information content (AvgIpc) is 2.55. The lowest BCUT2D eigenvalue weighted by atomic mass is 10.2. The van der Waals surface area contributed by atoms with Crippen molar-refractivity contribution in [2.75, 3.05) is 13.1 Å². The minimum atomic E-state index is -3.33. The van der Waals surface area contributed by atoms with Gasteiger partial charge in [-0.15, -0.1) is 11.3 Å². The van der Waals surface area contributed by atoms with E-state index in [0.29, 0.717) is 4.21 Å². The van der Waals surface area contributed by atoms with Gasteiger partial charge in [-0.2, -0.15) is 0 Å². The summed E-state index contributed by atoms with van der Waals surface area (Å²) in [4.78, 5) is 1.02. The van der Waals surface area contributed by atoms with Crippen molar-refractivity contribution in [2.45, 2.75) is 36.4 Å². The van der Waals surface area contributed by atoms with E-state index < -0.39 is 10.0 Å². The molecule has 6 heteroatoms. The minimum absolute atomic E-state index is 0.0184. The Labute approximate surface area is 106 Å². The van der Waals surface area contributed by atoms with Crippen molar-refractivity contribution in [1.29, 1.82) is 0 Å². The summed E-state index contributed by atoms with van der Waals surface area (Å²) in [6, 6.07) is 3.53. The highest BCUT2D eigenvalue weighted by Gasteiger charge is 2.22. The van der Waals surface area contributed by atoms with E-state index in [4.69, 9.17) is 0 Å². The normalized spacial score (nSPS) is 22.3. The second-order valence-corrected chi connectivity index (χ2v) is 7.61. The molecule has 1 unspecified atom stereocenters. The molecule has 1 aliphatic heterocycles. The van der Waals surface area contributed by atoms with Gasteiger partial charge in [-0.05, 0) is 38.4 Å². The summed E-state index contributed by atoms with van der Waals surface area (Å²) in [5.74, 6) is 0. The standard InChI is InChI=1S/C11H18N2O2S2/c1-9-5-6-11(16-9)17(14,15)13-10-4-2-3-7-12-8-10/h5-6,10,12-13H,2-4,7-8H2,1H3. The van der Waals surface area contributed by atoms with E-state index in [1.807, 2.05) is 13.0 Å². The van der Waals surface area contributed by atoms with E-state index in [1.54, 1.807) is 6.07 Å². The highest BCUT2D eigenvalue weighted by Crippen LogP contribution is 2.21. The molecule has 1 saturated heterocycles. The Hall–Kier alpha value is -0.430. The lowest BCUT2D eigenvalue weighted by Gasteiger charge is -2.15. The molecular weight excluding hydrogens is 256 g/mol. The molecule has 0 radical (unpaired) electrons. The first-order valence-electron chi connectivity index (χ1n) is 5.87. The number of nitrogens with one attached hydrogen (secondary N) is 2. The third-order valence-electron chi connectivity index (χ3n) is 2.85. The summed E-state index contributed by atoms with van der Waals surface area (Å²) in [5.41, 5.74) is 0. The molecule has 0 amide bonds. The van der Waals surface area contributed by atoms with Gasteiger partial charge in [-0.3, -0.25) is 0 Å². The second-order valence-electron chi connectivity index (χ2n) is 4.38. The number of thiophene rings is 1. The molecule has 1 aliphatic rings. The summed E-state index contributed by atoms with van der Waals surface area (Å²) >= 11 is 1.32. The largest absolute Gasteiger partial charge is 0.315 e. The molecule has 1 atom stereocenters. The van der Waals surface area contributed by atoms with Crippen LogP contribution in [0.15, 0.2) is 16.3 Å². The third kappa shape index (κ3) is 3.51. The van der Waals surface area contributed by atoms with Gasteiger partial charge in [0.25, 0.3) is 0 Å².